The van der Waals surface area contributed by atoms with Gasteiger partial charge in [0.1, 0.15) is 11.5 Å². The van der Waals surface area contributed by atoms with Gasteiger partial charge in [-0.3, -0.25) is 9.89 Å². The number of amides is 1. The lowest BCUT2D eigenvalue weighted by molar-refractivity contribution is 0.0946. The molecule has 1 amide bonds. The molecule has 114 valence electrons. The Morgan fingerprint density at radius 1 is 1.29 bits per heavy atom. The Morgan fingerprint density at radius 3 is 2.62 bits per heavy atom. The van der Waals surface area contributed by atoms with E-state index >= 15 is 0 Å². The van der Waals surface area contributed by atoms with E-state index in [-0.39, 0.29) is 41.5 Å². The average molecular weight is 313 g/mol. The number of aromatic nitrogens is 3. The van der Waals surface area contributed by atoms with Gasteiger partial charge in [-0.05, 0) is 25.0 Å². The Kier molecular flexibility index (Phi) is 5.54. The molecule has 0 unspecified atom stereocenters. The van der Waals surface area contributed by atoms with Gasteiger partial charge in [-0.25, -0.2) is 4.98 Å². The molecule has 8 heteroatoms. The minimum absolute atomic E-state index is 0. The molecule has 2 rings (SSSR count). The number of carbonyl (C=O) groups excluding carboxylic acids is 1. The molecule has 0 aliphatic rings. The number of H-pyrrole nitrogens is 1. The molecule has 0 aliphatic carbocycles. The summed E-state index contributed by atoms with van der Waals surface area (Å²) in [5.41, 5.74) is 1.04. The zero-order valence-corrected chi connectivity index (χ0v) is 12.5. The molecule has 0 bridgehead atoms. The maximum atomic E-state index is 11.6. The molecular formula is C13H17ClN4O3. The third-order valence-electron chi connectivity index (χ3n) is 2.86. The predicted molar refractivity (Wildman–Crippen MR) is 79.8 cm³/mol. The molecule has 1 aromatic heterocycles. The minimum Gasteiger partial charge on any atom is -0.508 e. The van der Waals surface area contributed by atoms with Gasteiger partial charge in [-0.1, -0.05) is 6.92 Å². The van der Waals surface area contributed by atoms with Crippen molar-refractivity contribution in [2.75, 3.05) is 6.54 Å². The molecule has 0 radical (unpaired) electrons. The Hall–Kier alpha value is -2.28. The average Bonchev–Trinajstić information content (AvgIpc) is 2.89. The fourth-order valence-electron chi connectivity index (χ4n) is 1.81. The zero-order valence-electron chi connectivity index (χ0n) is 11.7. The molecule has 0 fully saturated rings. The number of hydrogen-bond acceptors (Lipinski definition) is 5. The van der Waals surface area contributed by atoms with Crippen molar-refractivity contribution in [1.29, 1.82) is 0 Å². The van der Waals surface area contributed by atoms with Crippen LogP contribution in [0.1, 0.15) is 30.0 Å². The number of aromatic amines is 1. The maximum Gasteiger partial charge on any atom is 0.288 e. The molecule has 0 saturated heterocycles. The molecule has 0 atom stereocenters. The summed E-state index contributed by atoms with van der Waals surface area (Å²) in [4.78, 5) is 15.6. The van der Waals surface area contributed by atoms with Crippen molar-refractivity contribution in [2.24, 2.45) is 0 Å². The third kappa shape index (κ3) is 3.43. The predicted octanol–water partition coefficient (Wildman–Crippen LogP) is 1.62. The number of phenolic OH excluding ortho intramolecular Hbond substituents is 2. The van der Waals surface area contributed by atoms with Crippen molar-refractivity contribution in [3.05, 3.63) is 23.5 Å². The van der Waals surface area contributed by atoms with E-state index in [4.69, 9.17) is 0 Å². The van der Waals surface area contributed by atoms with Crippen molar-refractivity contribution < 1.29 is 15.0 Å². The van der Waals surface area contributed by atoms with E-state index in [0.717, 1.165) is 0 Å². The highest BCUT2D eigenvalue weighted by Gasteiger charge is 2.16. The minimum atomic E-state index is -0.361. The summed E-state index contributed by atoms with van der Waals surface area (Å²) in [7, 11) is 0. The van der Waals surface area contributed by atoms with Crippen LogP contribution in [0.3, 0.4) is 0 Å². The van der Waals surface area contributed by atoms with Crippen LogP contribution in [0.25, 0.3) is 11.4 Å². The zero-order chi connectivity index (χ0) is 14.7. The van der Waals surface area contributed by atoms with Crippen molar-refractivity contribution in [3.8, 4) is 22.9 Å². The number of aryl methyl sites for hydroxylation is 1. The topological polar surface area (TPSA) is 111 Å². The van der Waals surface area contributed by atoms with Crippen molar-refractivity contribution in [1.82, 2.24) is 20.5 Å². The first kappa shape index (κ1) is 16.8. The molecule has 7 nitrogen and oxygen atoms in total. The molecule has 2 aromatic rings. The van der Waals surface area contributed by atoms with Gasteiger partial charge in [0.15, 0.2) is 5.82 Å². The van der Waals surface area contributed by atoms with Gasteiger partial charge in [0, 0.05) is 12.6 Å². The van der Waals surface area contributed by atoms with Crippen LogP contribution in [0.4, 0.5) is 0 Å². The van der Waals surface area contributed by atoms with Crippen molar-refractivity contribution >= 4 is 18.3 Å². The number of hydrogen-bond donors (Lipinski definition) is 4. The van der Waals surface area contributed by atoms with E-state index in [9.17, 15) is 15.0 Å². The summed E-state index contributed by atoms with van der Waals surface area (Å²) < 4.78 is 0. The SMILES string of the molecule is CCNC(=O)c1nc(-c2cc(CC)c(O)cc2O)n[nH]1.Cl. The van der Waals surface area contributed by atoms with Crippen LogP contribution >= 0.6 is 12.4 Å². The summed E-state index contributed by atoms with van der Waals surface area (Å²) in [5.74, 6) is -0.194. The highest BCUT2D eigenvalue weighted by atomic mass is 35.5. The Morgan fingerprint density at radius 2 is 2.00 bits per heavy atom. The quantitative estimate of drug-likeness (QED) is 0.685. The van der Waals surface area contributed by atoms with E-state index in [1.165, 1.54) is 6.07 Å². The molecule has 0 saturated carbocycles. The first-order valence-corrected chi connectivity index (χ1v) is 6.32. The van der Waals surface area contributed by atoms with Crippen molar-refractivity contribution in [2.45, 2.75) is 20.3 Å². The van der Waals surface area contributed by atoms with Gasteiger partial charge in [0.05, 0.1) is 5.56 Å². The van der Waals surface area contributed by atoms with Gasteiger partial charge in [0.25, 0.3) is 5.91 Å². The molecule has 4 N–H and O–H groups in total. The summed E-state index contributed by atoms with van der Waals surface area (Å²) in [6, 6.07) is 2.85. The maximum absolute atomic E-state index is 11.6. The molecular weight excluding hydrogens is 296 g/mol. The Balaban J connectivity index is 0.00000220. The largest absolute Gasteiger partial charge is 0.508 e. The van der Waals surface area contributed by atoms with E-state index in [1.54, 1.807) is 13.0 Å². The van der Waals surface area contributed by atoms with Gasteiger partial charge in [-0.15, -0.1) is 12.4 Å². The summed E-state index contributed by atoms with van der Waals surface area (Å²) in [6.07, 6.45) is 0.604. The van der Waals surface area contributed by atoms with Crippen LogP contribution in [-0.4, -0.2) is 37.8 Å². The van der Waals surface area contributed by atoms with Gasteiger partial charge in [-0.2, -0.15) is 5.10 Å². The number of nitrogens with one attached hydrogen (secondary N) is 2. The lowest BCUT2D eigenvalue weighted by Crippen LogP contribution is -2.23. The fraction of sp³-hybridized carbons (Fsp3) is 0.308. The van der Waals surface area contributed by atoms with Crippen LogP contribution in [-0.2, 0) is 6.42 Å². The van der Waals surface area contributed by atoms with E-state index < -0.39 is 0 Å². The smallest absolute Gasteiger partial charge is 0.288 e. The lowest BCUT2D eigenvalue weighted by Gasteiger charge is -2.06. The second-order valence-electron chi connectivity index (χ2n) is 4.22. The van der Waals surface area contributed by atoms with Gasteiger partial charge < -0.3 is 15.5 Å². The van der Waals surface area contributed by atoms with Crippen LogP contribution in [0.5, 0.6) is 11.5 Å². The third-order valence-corrected chi connectivity index (χ3v) is 2.86. The first-order valence-electron chi connectivity index (χ1n) is 6.32. The number of rotatable bonds is 4. The number of nitrogens with zero attached hydrogens (tertiary/aromatic N) is 2. The van der Waals surface area contributed by atoms with E-state index in [0.29, 0.717) is 24.1 Å². The highest BCUT2D eigenvalue weighted by molar-refractivity contribution is 5.90. The summed E-state index contributed by atoms with van der Waals surface area (Å²) in [6.45, 7) is 4.17. The fourth-order valence-corrected chi connectivity index (χ4v) is 1.81. The van der Waals surface area contributed by atoms with Gasteiger partial charge >= 0.3 is 0 Å². The summed E-state index contributed by atoms with van der Waals surface area (Å²) in [5, 5.41) is 28.6. The monoisotopic (exact) mass is 312 g/mol. The lowest BCUT2D eigenvalue weighted by atomic mass is 10.1. The number of benzene rings is 1. The number of phenols is 2. The Bertz CT molecular complexity index is 642. The highest BCUT2D eigenvalue weighted by Crippen LogP contribution is 2.33. The van der Waals surface area contributed by atoms with E-state index in [2.05, 4.69) is 20.5 Å². The van der Waals surface area contributed by atoms with Crippen LogP contribution in [0.15, 0.2) is 12.1 Å². The number of halogens is 1. The molecule has 1 aromatic carbocycles. The molecule has 1 heterocycles. The molecule has 0 spiro atoms. The summed E-state index contributed by atoms with van der Waals surface area (Å²) >= 11 is 0. The molecule has 21 heavy (non-hydrogen) atoms. The Labute approximate surface area is 127 Å². The molecule has 0 aliphatic heterocycles. The first-order chi connectivity index (χ1) is 9.56. The van der Waals surface area contributed by atoms with Crippen LogP contribution in [0, 0.1) is 0 Å². The number of carbonyl (C=O) groups is 1. The van der Waals surface area contributed by atoms with Crippen molar-refractivity contribution in [3.63, 3.8) is 0 Å². The second-order valence-corrected chi connectivity index (χ2v) is 4.22. The van der Waals surface area contributed by atoms with Crippen LogP contribution in [0.2, 0.25) is 0 Å². The van der Waals surface area contributed by atoms with E-state index in [1.807, 2.05) is 6.92 Å². The van der Waals surface area contributed by atoms with Crippen LogP contribution < -0.4 is 5.32 Å². The standard InChI is InChI=1S/C13H16N4O3.ClH/c1-3-7-5-8(10(19)6-9(7)18)11-15-12(17-16-11)13(20)14-4-2;/h5-6,18-19H,3-4H2,1-2H3,(H,14,20)(H,15,16,17);1H. The second kappa shape index (κ2) is 6.94. The number of aromatic hydroxyl groups is 2. The van der Waals surface area contributed by atoms with Gasteiger partial charge in [0.2, 0.25) is 5.82 Å². The normalized spacial score (nSPS) is 10.0.